The number of nitrogens with zero attached hydrogens (tertiary/aromatic N) is 1. The average Bonchev–Trinajstić information content (AvgIpc) is 2.49. The molecule has 23 heavy (non-hydrogen) atoms. The number of carbonyl (C=O) groups is 1. The van der Waals surface area contributed by atoms with Crippen molar-refractivity contribution in [3.63, 3.8) is 0 Å². The molecular formula is C18H27ClN2O2. The molecule has 2 rings (SSSR count). The minimum atomic E-state index is 0.106. The molecule has 1 aliphatic carbocycles. The normalized spacial score (nSPS) is 21.2. The Labute approximate surface area is 144 Å². The maximum absolute atomic E-state index is 12.1. The lowest BCUT2D eigenvalue weighted by Crippen LogP contribution is -2.45. The van der Waals surface area contributed by atoms with E-state index in [1.54, 1.807) is 6.07 Å². The number of amides is 1. The second-order valence-corrected chi connectivity index (χ2v) is 6.92. The van der Waals surface area contributed by atoms with Crippen molar-refractivity contribution < 1.29 is 9.53 Å². The Morgan fingerprint density at radius 3 is 2.91 bits per heavy atom. The van der Waals surface area contributed by atoms with Gasteiger partial charge >= 0.3 is 0 Å². The summed E-state index contributed by atoms with van der Waals surface area (Å²) in [5.41, 5.74) is 0. The van der Waals surface area contributed by atoms with E-state index >= 15 is 0 Å². The number of likely N-dealkylation sites (N-methyl/N-ethyl adjacent to an activating group) is 1. The zero-order chi connectivity index (χ0) is 16.7. The van der Waals surface area contributed by atoms with Crippen LogP contribution in [-0.4, -0.2) is 43.6 Å². The van der Waals surface area contributed by atoms with Gasteiger partial charge in [-0.2, -0.15) is 0 Å². The minimum Gasteiger partial charge on any atom is -0.492 e. The number of benzene rings is 1. The summed E-state index contributed by atoms with van der Waals surface area (Å²) in [4.78, 5) is 14.1. The molecule has 0 saturated heterocycles. The summed E-state index contributed by atoms with van der Waals surface area (Å²) in [6.45, 7) is 3.86. The van der Waals surface area contributed by atoms with Gasteiger partial charge in [-0.1, -0.05) is 37.4 Å². The van der Waals surface area contributed by atoms with E-state index in [4.69, 9.17) is 16.3 Å². The summed E-state index contributed by atoms with van der Waals surface area (Å²) in [5.74, 6) is 1.45. The molecule has 4 nitrogen and oxygen atoms in total. The molecule has 1 N–H and O–H groups in total. The van der Waals surface area contributed by atoms with Gasteiger partial charge in [0.2, 0.25) is 5.91 Å². The van der Waals surface area contributed by atoms with E-state index < -0.39 is 0 Å². The molecular weight excluding hydrogens is 312 g/mol. The lowest BCUT2D eigenvalue weighted by Gasteiger charge is -2.30. The van der Waals surface area contributed by atoms with Gasteiger partial charge in [-0.15, -0.1) is 0 Å². The Morgan fingerprint density at radius 2 is 2.17 bits per heavy atom. The molecule has 1 aromatic rings. The Bertz CT molecular complexity index is 510. The van der Waals surface area contributed by atoms with E-state index in [9.17, 15) is 4.79 Å². The molecule has 0 radical (unpaired) electrons. The highest BCUT2D eigenvalue weighted by molar-refractivity contribution is 6.30. The van der Waals surface area contributed by atoms with E-state index in [1.165, 1.54) is 19.3 Å². The molecule has 0 bridgehead atoms. The van der Waals surface area contributed by atoms with Gasteiger partial charge < -0.3 is 10.1 Å². The number of rotatable bonds is 7. The fourth-order valence-electron chi connectivity index (χ4n) is 2.98. The zero-order valence-corrected chi connectivity index (χ0v) is 14.8. The molecule has 2 atom stereocenters. The Hall–Kier alpha value is -1.26. The fraction of sp³-hybridized carbons (Fsp3) is 0.611. The van der Waals surface area contributed by atoms with Crippen LogP contribution in [0.1, 0.15) is 32.6 Å². The number of halogens is 1. The molecule has 1 aromatic carbocycles. The highest BCUT2D eigenvalue weighted by Crippen LogP contribution is 2.23. The summed E-state index contributed by atoms with van der Waals surface area (Å²) >= 11 is 5.92. The van der Waals surface area contributed by atoms with Crippen molar-refractivity contribution in [2.75, 3.05) is 26.7 Å². The van der Waals surface area contributed by atoms with Crippen molar-refractivity contribution in [1.29, 1.82) is 0 Å². The molecule has 1 saturated carbocycles. The summed E-state index contributed by atoms with van der Waals surface area (Å²) in [7, 11) is 1.94. The molecule has 0 unspecified atom stereocenters. The van der Waals surface area contributed by atoms with Gasteiger partial charge in [0.15, 0.2) is 0 Å². The summed E-state index contributed by atoms with van der Waals surface area (Å²) in [6.07, 6.45) is 4.83. The summed E-state index contributed by atoms with van der Waals surface area (Å²) in [6, 6.07) is 7.69. The quantitative estimate of drug-likeness (QED) is 0.829. The summed E-state index contributed by atoms with van der Waals surface area (Å²) < 4.78 is 5.65. The fourth-order valence-corrected chi connectivity index (χ4v) is 3.16. The van der Waals surface area contributed by atoms with Crippen molar-refractivity contribution in [3.05, 3.63) is 29.3 Å². The molecule has 0 aromatic heterocycles. The van der Waals surface area contributed by atoms with Gasteiger partial charge in [0.05, 0.1) is 6.54 Å². The maximum Gasteiger partial charge on any atom is 0.234 e. The van der Waals surface area contributed by atoms with Crippen LogP contribution >= 0.6 is 11.6 Å². The third-order valence-electron chi connectivity index (χ3n) is 4.41. The molecule has 0 spiro atoms. The Morgan fingerprint density at radius 1 is 1.39 bits per heavy atom. The second kappa shape index (κ2) is 9.14. The van der Waals surface area contributed by atoms with Crippen LogP contribution in [0.3, 0.4) is 0 Å². The van der Waals surface area contributed by atoms with Crippen LogP contribution in [0, 0.1) is 5.92 Å². The van der Waals surface area contributed by atoms with Crippen LogP contribution in [0.5, 0.6) is 5.75 Å². The van der Waals surface area contributed by atoms with Gasteiger partial charge in [-0.3, -0.25) is 9.69 Å². The van der Waals surface area contributed by atoms with E-state index in [0.717, 1.165) is 12.2 Å². The molecule has 5 heteroatoms. The topological polar surface area (TPSA) is 41.6 Å². The second-order valence-electron chi connectivity index (χ2n) is 6.48. The molecule has 128 valence electrons. The summed E-state index contributed by atoms with van der Waals surface area (Å²) in [5, 5.41) is 3.84. The number of hydrogen-bond donors (Lipinski definition) is 1. The molecule has 1 amide bonds. The number of hydrogen-bond acceptors (Lipinski definition) is 3. The highest BCUT2D eigenvalue weighted by Gasteiger charge is 2.22. The molecule has 0 heterocycles. The smallest absolute Gasteiger partial charge is 0.234 e. The van der Waals surface area contributed by atoms with Crippen LogP contribution in [0.25, 0.3) is 0 Å². The average molecular weight is 339 g/mol. The van der Waals surface area contributed by atoms with Crippen molar-refractivity contribution in [3.8, 4) is 5.75 Å². The predicted octanol–water partition coefficient (Wildman–Crippen LogP) is 3.35. The first-order chi connectivity index (χ1) is 11.0. The van der Waals surface area contributed by atoms with E-state index in [-0.39, 0.29) is 5.91 Å². The zero-order valence-electron chi connectivity index (χ0n) is 14.1. The first-order valence-electron chi connectivity index (χ1n) is 8.41. The number of nitrogens with one attached hydrogen (secondary N) is 1. The number of carbonyl (C=O) groups excluding carboxylic acids is 1. The first-order valence-corrected chi connectivity index (χ1v) is 8.78. The van der Waals surface area contributed by atoms with Crippen molar-refractivity contribution in [2.45, 2.75) is 38.6 Å². The molecule has 1 aliphatic rings. The van der Waals surface area contributed by atoms with Gasteiger partial charge in [-0.25, -0.2) is 0 Å². The van der Waals surface area contributed by atoms with Crippen LogP contribution in [0.2, 0.25) is 5.02 Å². The van der Waals surface area contributed by atoms with Crippen LogP contribution in [-0.2, 0) is 4.79 Å². The van der Waals surface area contributed by atoms with Crippen molar-refractivity contribution in [2.24, 2.45) is 5.92 Å². The SMILES string of the molecule is C[C@H]1CCCC[C@H]1NC(=O)CN(C)CCOc1cccc(Cl)c1. The molecule has 1 fully saturated rings. The lowest BCUT2D eigenvalue weighted by molar-refractivity contribution is -0.123. The lowest BCUT2D eigenvalue weighted by atomic mass is 9.86. The standard InChI is InChI=1S/C18H27ClN2O2/c1-14-6-3-4-9-17(14)20-18(22)13-21(2)10-11-23-16-8-5-7-15(19)12-16/h5,7-8,12,14,17H,3-4,6,9-11,13H2,1-2H3,(H,20,22)/t14-,17+/m0/s1. The van der Waals surface area contributed by atoms with Gasteiger partial charge in [0.25, 0.3) is 0 Å². The maximum atomic E-state index is 12.1. The van der Waals surface area contributed by atoms with Crippen molar-refractivity contribution in [1.82, 2.24) is 10.2 Å². The van der Waals surface area contributed by atoms with E-state index in [1.807, 2.05) is 30.1 Å². The van der Waals surface area contributed by atoms with Crippen LogP contribution in [0.4, 0.5) is 0 Å². The third kappa shape index (κ3) is 6.40. The van der Waals surface area contributed by atoms with Crippen molar-refractivity contribution >= 4 is 17.5 Å². The Kier molecular flexibility index (Phi) is 7.18. The largest absolute Gasteiger partial charge is 0.492 e. The molecule has 0 aliphatic heterocycles. The number of ether oxygens (including phenoxy) is 1. The van der Waals surface area contributed by atoms with Gasteiger partial charge in [0, 0.05) is 17.6 Å². The first kappa shape index (κ1) is 18.1. The Balaban J connectivity index is 1.65. The van der Waals surface area contributed by atoms with Gasteiger partial charge in [-0.05, 0) is 44.0 Å². The predicted molar refractivity (Wildman–Crippen MR) is 94.0 cm³/mol. The van der Waals surface area contributed by atoms with Gasteiger partial charge in [0.1, 0.15) is 12.4 Å². The monoisotopic (exact) mass is 338 g/mol. The van der Waals surface area contributed by atoms with E-state index in [2.05, 4.69) is 12.2 Å². The van der Waals surface area contributed by atoms with E-state index in [0.29, 0.717) is 36.7 Å². The highest BCUT2D eigenvalue weighted by atomic mass is 35.5. The third-order valence-corrected chi connectivity index (χ3v) is 4.64. The van der Waals surface area contributed by atoms with Crippen LogP contribution < -0.4 is 10.1 Å². The minimum absolute atomic E-state index is 0.106. The van der Waals surface area contributed by atoms with Crippen LogP contribution in [0.15, 0.2) is 24.3 Å².